The van der Waals surface area contributed by atoms with E-state index in [4.69, 9.17) is 4.74 Å². The Labute approximate surface area is 177 Å². The molecule has 6 nitrogen and oxygen atoms in total. The van der Waals surface area contributed by atoms with Crippen LogP contribution >= 0.6 is 0 Å². The number of amides is 1. The van der Waals surface area contributed by atoms with Crippen molar-refractivity contribution >= 4 is 11.9 Å². The molecule has 3 heterocycles. The standard InChI is InChI=1S/C23H29FN4O2/c1-17-4-2-11-28(14-17)23-25-12-19(13-26-23)22(29)27-10-3-5-18(15-27)16-30-21-8-6-20(24)7-9-21/h6-9,12-13,17-18H,2-5,10-11,14-16H2,1H3/t17-,18+/m0/s1. The summed E-state index contributed by atoms with van der Waals surface area (Å²) in [5.74, 6) is 1.95. The van der Waals surface area contributed by atoms with Gasteiger partial charge in [-0.15, -0.1) is 0 Å². The van der Waals surface area contributed by atoms with Crippen LogP contribution in [0, 0.1) is 17.7 Å². The van der Waals surface area contributed by atoms with Crippen molar-refractivity contribution in [2.75, 3.05) is 37.7 Å². The van der Waals surface area contributed by atoms with Gasteiger partial charge in [-0.25, -0.2) is 14.4 Å². The van der Waals surface area contributed by atoms with Crippen molar-refractivity contribution in [2.24, 2.45) is 11.8 Å². The van der Waals surface area contributed by atoms with Gasteiger partial charge in [0.1, 0.15) is 11.6 Å². The Morgan fingerprint density at radius 1 is 1.10 bits per heavy atom. The van der Waals surface area contributed by atoms with E-state index in [9.17, 15) is 9.18 Å². The monoisotopic (exact) mass is 412 g/mol. The van der Waals surface area contributed by atoms with Crippen molar-refractivity contribution < 1.29 is 13.9 Å². The number of halogens is 1. The average Bonchev–Trinajstić information content (AvgIpc) is 2.78. The first-order valence-corrected chi connectivity index (χ1v) is 10.8. The summed E-state index contributed by atoms with van der Waals surface area (Å²) in [5.41, 5.74) is 0.531. The summed E-state index contributed by atoms with van der Waals surface area (Å²) >= 11 is 0. The molecule has 2 aliphatic rings. The van der Waals surface area contributed by atoms with E-state index in [2.05, 4.69) is 21.8 Å². The number of carbonyl (C=O) groups excluding carboxylic acids is 1. The highest BCUT2D eigenvalue weighted by Gasteiger charge is 2.26. The minimum Gasteiger partial charge on any atom is -0.493 e. The number of ether oxygens (including phenoxy) is 1. The molecular weight excluding hydrogens is 383 g/mol. The second-order valence-electron chi connectivity index (χ2n) is 8.49. The molecule has 1 aromatic carbocycles. The van der Waals surface area contributed by atoms with Crippen LogP contribution in [0.1, 0.15) is 43.0 Å². The second kappa shape index (κ2) is 9.41. The van der Waals surface area contributed by atoms with Gasteiger partial charge in [-0.3, -0.25) is 4.79 Å². The van der Waals surface area contributed by atoms with Crippen molar-refractivity contribution in [2.45, 2.75) is 32.6 Å². The number of benzene rings is 1. The van der Waals surface area contributed by atoms with Gasteiger partial charge in [-0.05, 0) is 55.9 Å². The molecular formula is C23H29FN4O2. The van der Waals surface area contributed by atoms with Gasteiger partial charge in [0.05, 0.1) is 12.2 Å². The number of carbonyl (C=O) groups is 1. The van der Waals surface area contributed by atoms with Crippen LogP contribution < -0.4 is 9.64 Å². The highest BCUT2D eigenvalue weighted by Crippen LogP contribution is 2.22. The van der Waals surface area contributed by atoms with E-state index in [0.717, 1.165) is 38.9 Å². The Morgan fingerprint density at radius 3 is 2.57 bits per heavy atom. The zero-order valence-electron chi connectivity index (χ0n) is 17.5. The zero-order chi connectivity index (χ0) is 20.9. The summed E-state index contributed by atoms with van der Waals surface area (Å²) in [6, 6.07) is 6.03. The number of piperidine rings is 2. The lowest BCUT2D eigenvalue weighted by molar-refractivity contribution is 0.0632. The topological polar surface area (TPSA) is 58.6 Å². The molecule has 2 fully saturated rings. The Hall–Kier alpha value is -2.70. The van der Waals surface area contributed by atoms with Crippen molar-refractivity contribution in [3.8, 4) is 5.75 Å². The molecule has 2 saturated heterocycles. The van der Waals surface area contributed by atoms with Gasteiger partial charge >= 0.3 is 0 Å². The van der Waals surface area contributed by atoms with Crippen molar-refractivity contribution in [3.63, 3.8) is 0 Å². The first-order chi connectivity index (χ1) is 14.6. The van der Waals surface area contributed by atoms with E-state index < -0.39 is 0 Å². The van der Waals surface area contributed by atoms with Gasteiger partial charge in [0.2, 0.25) is 5.95 Å². The molecule has 1 aromatic heterocycles. The first-order valence-electron chi connectivity index (χ1n) is 10.8. The lowest BCUT2D eigenvalue weighted by atomic mass is 9.98. The first kappa shape index (κ1) is 20.6. The largest absolute Gasteiger partial charge is 0.493 e. The highest BCUT2D eigenvalue weighted by atomic mass is 19.1. The third-order valence-corrected chi connectivity index (χ3v) is 5.93. The predicted octanol–water partition coefficient (Wildman–Crippen LogP) is 3.78. The number of anilines is 1. The Balaban J connectivity index is 1.32. The quantitative estimate of drug-likeness (QED) is 0.748. The fourth-order valence-corrected chi connectivity index (χ4v) is 4.28. The third-order valence-electron chi connectivity index (χ3n) is 5.93. The Morgan fingerprint density at radius 2 is 1.83 bits per heavy atom. The highest BCUT2D eigenvalue weighted by molar-refractivity contribution is 5.93. The summed E-state index contributed by atoms with van der Waals surface area (Å²) in [4.78, 5) is 25.9. The van der Waals surface area contributed by atoms with Crippen LogP contribution in [0.3, 0.4) is 0 Å². The summed E-state index contributed by atoms with van der Waals surface area (Å²) in [6.45, 7) is 6.08. The van der Waals surface area contributed by atoms with Crippen LogP contribution in [0.4, 0.5) is 10.3 Å². The summed E-state index contributed by atoms with van der Waals surface area (Å²) < 4.78 is 18.8. The maximum Gasteiger partial charge on any atom is 0.257 e. The minimum absolute atomic E-state index is 0.0277. The van der Waals surface area contributed by atoms with E-state index in [1.165, 1.54) is 18.6 Å². The smallest absolute Gasteiger partial charge is 0.257 e. The maximum atomic E-state index is 13.0. The molecule has 2 aliphatic heterocycles. The number of rotatable bonds is 5. The SMILES string of the molecule is C[C@H]1CCCN(c2ncc(C(=O)N3CCC[C@@H](COc4ccc(F)cc4)C3)cn2)C1. The van der Waals surface area contributed by atoms with Crippen LogP contribution in [0.2, 0.25) is 0 Å². The number of nitrogens with zero attached hydrogens (tertiary/aromatic N) is 4. The molecule has 2 atom stereocenters. The average molecular weight is 413 g/mol. The van der Waals surface area contributed by atoms with Gasteiger partial charge in [-0.1, -0.05) is 6.92 Å². The van der Waals surface area contributed by atoms with E-state index in [1.807, 2.05) is 4.90 Å². The van der Waals surface area contributed by atoms with Crippen LogP contribution in [0.15, 0.2) is 36.7 Å². The normalized spacial score (nSPS) is 22.1. The van der Waals surface area contributed by atoms with Crippen molar-refractivity contribution in [1.82, 2.24) is 14.9 Å². The van der Waals surface area contributed by atoms with E-state index >= 15 is 0 Å². The lowest BCUT2D eigenvalue weighted by Crippen LogP contribution is -2.41. The molecule has 4 rings (SSSR count). The molecule has 2 aromatic rings. The molecule has 1 amide bonds. The number of aromatic nitrogens is 2. The zero-order valence-corrected chi connectivity index (χ0v) is 17.5. The fourth-order valence-electron chi connectivity index (χ4n) is 4.28. The number of likely N-dealkylation sites (tertiary alicyclic amines) is 1. The summed E-state index contributed by atoms with van der Waals surface area (Å²) in [7, 11) is 0. The van der Waals surface area contributed by atoms with Crippen LogP contribution in [0.5, 0.6) is 5.75 Å². The Bertz CT molecular complexity index is 843. The number of hydrogen-bond donors (Lipinski definition) is 0. The van der Waals surface area contributed by atoms with Crippen LogP contribution in [-0.4, -0.2) is 53.6 Å². The van der Waals surface area contributed by atoms with Gasteiger partial charge < -0.3 is 14.5 Å². The molecule has 0 saturated carbocycles. The molecule has 7 heteroatoms. The second-order valence-corrected chi connectivity index (χ2v) is 8.49. The predicted molar refractivity (Wildman–Crippen MR) is 113 cm³/mol. The molecule has 0 unspecified atom stereocenters. The van der Waals surface area contributed by atoms with E-state index in [-0.39, 0.29) is 17.6 Å². The molecule has 160 valence electrons. The van der Waals surface area contributed by atoms with Gasteiger partial charge in [0, 0.05) is 44.5 Å². The Kier molecular flexibility index (Phi) is 6.45. The van der Waals surface area contributed by atoms with E-state index in [1.54, 1.807) is 24.5 Å². The molecule has 0 bridgehead atoms. The van der Waals surface area contributed by atoms with Crippen molar-refractivity contribution in [1.29, 1.82) is 0 Å². The molecule has 0 spiro atoms. The minimum atomic E-state index is -0.278. The molecule has 0 aliphatic carbocycles. The number of hydrogen-bond acceptors (Lipinski definition) is 5. The van der Waals surface area contributed by atoms with Gasteiger partial charge in [0.15, 0.2) is 0 Å². The third kappa shape index (κ3) is 5.07. The molecule has 30 heavy (non-hydrogen) atoms. The van der Waals surface area contributed by atoms with Gasteiger partial charge in [-0.2, -0.15) is 0 Å². The molecule has 0 N–H and O–H groups in total. The van der Waals surface area contributed by atoms with Crippen molar-refractivity contribution in [3.05, 3.63) is 48.0 Å². The van der Waals surface area contributed by atoms with Gasteiger partial charge in [0.25, 0.3) is 5.91 Å². The van der Waals surface area contributed by atoms with E-state index in [0.29, 0.717) is 36.3 Å². The van der Waals surface area contributed by atoms with Crippen LogP contribution in [0.25, 0.3) is 0 Å². The molecule has 0 radical (unpaired) electrons. The maximum absolute atomic E-state index is 13.0. The lowest BCUT2D eigenvalue weighted by Gasteiger charge is -2.33. The van der Waals surface area contributed by atoms with Crippen LogP contribution in [-0.2, 0) is 0 Å². The fraction of sp³-hybridized carbons (Fsp3) is 0.522. The summed E-state index contributed by atoms with van der Waals surface area (Å²) in [6.07, 6.45) is 7.65. The summed E-state index contributed by atoms with van der Waals surface area (Å²) in [5, 5.41) is 0.